The fourth-order valence-electron chi connectivity index (χ4n) is 1.54. The van der Waals surface area contributed by atoms with Crippen LogP contribution >= 0.6 is 15.9 Å². The lowest BCUT2D eigenvalue weighted by molar-refractivity contribution is -0.384. The number of nitro benzene ring substituents is 1. The molecule has 0 aliphatic rings. The van der Waals surface area contributed by atoms with Gasteiger partial charge < -0.3 is 15.3 Å². The minimum Gasteiger partial charge on any atom is -0.480 e. The molecule has 0 bridgehead atoms. The van der Waals surface area contributed by atoms with Crippen LogP contribution in [-0.4, -0.2) is 39.5 Å². The smallest absolute Gasteiger partial charge is 0.323 e. The molecule has 0 aliphatic heterocycles. The van der Waals surface area contributed by atoms with Crippen LogP contribution in [0.3, 0.4) is 0 Å². The maximum absolute atomic E-state index is 12.1. The number of non-ortho nitro benzene ring substituents is 1. The summed E-state index contributed by atoms with van der Waals surface area (Å²) in [4.78, 5) is 34.0. The topological polar surface area (TPSA) is 113 Å². The number of hydrogen-bond acceptors (Lipinski definition) is 4. The molecule has 0 unspecified atom stereocenters. The summed E-state index contributed by atoms with van der Waals surface area (Å²) in [6, 6.07) is 2.98. The number of hydrogen-bond donors (Lipinski definition) is 2. The van der Waals surface area contributed by atoms with Crippen LogP contribution in [0.1, 0.15) is 13.8 Å². The summed E-state index contributed by atoms with van der Waals surface area (Å²) in [7, 11) is 0. The molecule has 1 aromatic carbocycles. The highest BCUT2D eigenvalue weighted by atomic mass is 79.9. The lowest BCUT2D eigenvalue weighted by Gasteiger charge is -2.25. The highest BCUT2D eigenvalue weighted by Crippen LogP contribution is 2.27. The van der Waals surface area contributed by atoms with Gasteiger partial charge in [0.2, 0.25) is 0 Å². The summed E-state index contributed by atoms with van der Waals surface area (Å²) in [5, 5.41) is 21.9. The Balaban J connectivity index is 2.91. The Kier molecular flexibility index (Phi) is 5.65. The van der Waals surface area contributed by atoms with E-state index in [1.165, 1.54) is 18.2 Å². The van der Waals surface area contributed by atoms with Crippen molar-refractivity contribution >= 4 is 39.3 Å². The number of anilines is 1. The van der Waals surface area contributed by atoms with Crippen molar-refractivity contribution in [2.75, 3.05) is 11.9 Å². The molecule has 2 amide bonds. The fraction of sp³-hybridized carbons (Fsp3) is 0.333. The first-order valence-electron chi connectivity index (χ1n) is 5.95. The molecule has 0 saturated heterocycles. The molecule has 0 spiro atoms. The van der Waals surface area contributed by atoms with E-state index in [0.29, 0.717) is 10.2 Å². The second-order valence-electron chi connectivity index (χ2n) is 4.47. The van der Waals surface area contributed by atoms with Gasteiger partial charge in [-0.25, -0.2) is 4.79 Å². The monoisotopic (exact) mass is 359 g/mol. The second kappa shape index (κ2) is 7.02. The molecule has 114 valence electrons. The van der Waals surface area contributed by atoms with Gasteiger partial charge in [0.15, 0.2) is 0 Å². The van der Waals surface area contributed by atoms with E-state index in [0.717, 1.165) is 4.90 Å². The first kappa shape index (κ1) is 16.9. The first-order chi connectivity index (χ1) is 9.72. The van der Waals surface area contributed by atoms with Crippen LogP contribution in [0, 0.1) is 10.1 Å². The van der Waals surface area contributed by atoms with Crippen LogP contribution in [0.15, 0.2) is 22.7 Å². The van der Waals surface area contributed by atoms with Gasteiger partial charge in [0.05, 0.1) is 10.6 Å². The normalized spacial score (nSPS) is 10.3. The Hall–Kier alpha value is -2.16. The Morgan fingerprint density at radius 2 is 2.10 bits per heavy atom. The number of nitro groups is 1. The standard InChI is InChI=1S/C12H14BrN3O5/c1-7(2)15(6-11(17)18)12(19)14-10-4-3-8(16(20)21)5-9(10)13/h3-5,7H,6H2,1-2H3,(H,14,19)(H,17,18). The number of amides is 2. The van der Waals surface area contributed by atoms with Crippen LogP contribution in [0.4, 0.5) is 16.2 Å². The number of carboxylic acids is 1. The number of carbonyl (C=O) groups excluding carboxylic acids is 1. The average Bonchev–Trinajstić information content (AvgIpc) is 2.37. The van der Waals surface area contributed by atoms with Gasteiger partial charge in [0.25, 0.3) is 5.69 Å². The summed E-state index contributed by atoms with van der Waals surface area (Å²) >= 11 is 3.13. The van der Waals surface area contributed by atoms with E-state index in [2.05, 4.69) is 21.2 Å². The molecular formula is C12H14BrN3O5. The van der Waals surface area contributed by atoms with Gasteiger partial charge in [-0.3, -0.25) is 14.9 Å². The molecule has 0 saturated carbocycles. The zero-order valence-corrected chi connectivity index (χ0v) is 13.0. The van der Waals surface area contributed by atoms with Crippen LogP contribution in [0.5, 0.6) is 0 Å². The molecule has 2 N–H and O–H groups in total. The zero-order chi connectivity index (χ0) is 16.2. The minimum absolute atomic E-state index is 0.119. The molecule has 1 aromatic rings. The van der Waals surface area contributed by atoms with Gasteiger partial charge in [-0.05, 0) is 35.8 Å². The van der Waals surface area contributed by atoms with E-state index >= 15 is 0 Å². The molecule has 0 radical (unpaired) electrons. The summed E-state index contributed by atoms with van der Waals surface area (Å²) in [6.45, 7) is 2.94. The largest absolute Gasteiger partial charge is 0.480 e. The molecule has 0 aliphatic carbocycles. The van der Waals surface area contributed by atoms with Crippen LogP contribution < -0.4 is 5.32 Å². The molecule has 8 nitrogen and oxygen atoms in total. The zero-order valence-electron chi connectivity index (χ0n) is 11.4. The predicted molar refractivity (Wildman–Crippen MR) is 79.3 cm³/mol. The van der Waals surface area contributed by atoms with E-state index in [-0.39, 0.29) is 11.7 Å². The molecule has 9 heteroatoms. The summed E-state index contributed by atoms with van der Waals surface area (Å²) in [5.41, 5.74) is 0.202. The van der Waals surface area contributed by atoms with Gasteiger partial charge >= 0.3 is 12.0 Å². The molecular weight excluding hydrogens is 346 g/mol. The average molecular weight is 360 g/mol. The molecule has 0 aromatic heterocycles. The Labute approximate surface area is 129 Å². The Bertz CT molecular complexity index is 576. The van der Waals surface area contributed by atoms with Crippen molar-refractivity contribution in [1.29, 1.82) is 0 Å². The van der Waals surface area contributed by atoms with Gasteiger partial charge in [-0.2, -0.15) is 0 Å². The van der Waals surface area contributed by atoms with Crippen molar-refractivity contribution in [3.63, 3.8) is 0 Å². The van der Waals surface area contributed by atoms with Crippen molar-refractivity contribution < 1.29 is 19.6 Å². The third-order valence-electron chi connectivity index (χ3n) is 2.59. The Morgan fingerprint density at radius 3 is 2.52 bits per heavy atom. The SMILES string of the molecule is CC(C)N(CC(=O)O)C(=O)Nc1ccc([N+](=O)[O-])cc1Br. The Morgan fingerprint density at radius 1 is 1.48 bits per heavy atom. The van der Waals surface area contributed by atoms with Gasteiger partial charge in [0.1, 0.15) is 6.54 Å². The number of aliphatic carboxylic acids is 1. The van der Waals surface area contributed by atoms with Gasteiger partial charge in [-0.1, -0.05) is 0 Å². The number of carbonyl (C=O) groups is 2. The van der Waals surface area contributed by atoms with Crippen LogP contribution in [-0.2, 0) is 4.79 Å². The van der Waals surface area contributed by atoms with Crippen molar-refractivity contribution in [1.82, 2.24) is 4.90 Å². The molecule has 0 fully saturated rings. The maximum atomic E-state index is 12.1. The fourth-order valence-corrected chi connectivity index (χ4v) is 2.01. The maximum Gasteiger partial charge on any atom is 0.323 e. The van der Waals surface area contributed by atoms with Gasteiger partial charge in [-0.15, -0.1) is 0 Å². The van der Waals surface area contributed by atoms with Gasteiger partial charge in [0, 0.05) is 22.6 Å². The number of nitrogens with one attached hydrogen (secondary N) is 1. The molecule has 0 atom stereocenters. The number of halogens is 1. The molecule has 0 heterocycles. The van der Waals surface area contributed by atoms with Crippen LogP contribution in [0.25, 0.3) is 0 Å². The summed E-state index contributed by atoms with van der Waals surface area (Å²) in [6.07, 6.45) is 0. The number of rotatable bonds is 5. The molecule has 21 heavy (non-hydrogen) atoms. The third kappa shape index (κ3) is 4.71. The summed E-state index contributed by atoms with van der Waals surface area (Å²) in [5.74, 6) is -1.12. The predicted octanol–water partition coefficient (Wildman–Crippen LogP) is 2.68. The lowest BCUT2D eigenvalue weighted by atomic mass is 10.3. The van der Waals surface area contributed by atoms with E-state index < -0.39 is 23.5 Å². The van der Waals surface area contributed by atoms with Crippen LogP contribution in [0.2, 0.25) is 0 Å². The highest BCUT2D eigenvalue weighted by molar-refractivity contribution is 9.10. The third-order valence-corrected chi connectivity index (χ3v) is 3.25. The highest BCUT2D eigenvalue weighted by Gasteiger charge is 2.21. The summed E-state index contributed by atoms with van der Waals surface area (Å²) < 4.78 is 0.337. The number of nitrogens with zero attached hydrogens (tertiary/aromatic N) is 2. The van der Waals surface area contributed by atoms with E-state index in [4.69, 9.17) is 5.11 Å². The second-order valence-corrected chi connectivity index (χ2v) is 5.32. The molecule has 1 rings (SSSR count). The lowest BCUT2D eigenvalue weighted by Crippen LogP contribution is -2.43. The number of benzene rings is 1. The van der Waals surface area contributed by atoms with Crippen molar-refractivity contribution in [3.05, 3.63) is 32.8 Å². The first-order valence-corrected chi connectivity index (χ1v) is 6.75. The number of urea groups is 1. The van der Waals surface area contributed by atoms with E-state index in [1.807, 2.05) is 0 Å². The van der Waals surface area contributed by atoms with E-state index in [1.54, 1.807) is 13.8 Å². The van der Waals surface area contributed by atoms with Crippen molar-refractivity contribution in [3.8, 4) is 0 Å². The van der Waals surface area contributed by atoms with E-state index in [9.17, 15) is 19.7 Å². The quantitative estimate of drug-likeness (QED) is 0.619. The van der Waals surface area contributed by atoms with Crippen molar-refractivity contribution in [2.24, 2.45) is 0 Å². The minimum atomic E-state index is -1.12. The number of carboxylic acid groups (broad SMARTS) is 1. The van der Waals surface area contributed by atoms with Crippen molar-refractivity contribution in [2.45, 2.75) is 19.9 Å².